The van der Waals surface area contributed by atoms with E-state index in [9.17, 15) is 14.5 Å². The number of hydrogen-bond donors (Lipinski definition) is 2. The van der Waals surface area contributed by atoms with Gasteiger partial charge in [0.2, 0.25) is 0 Å². The van der Waals surface area contributed by atoms with Gasteiger partial charge >= 0.3 is 0 Å². The van der Waals surface area contributed by atoms with Crippen molar-refractivity contribution < 1.29 is 9.31 Å². The first kappa shape index (κ1) is 11.1. The topological polar surface area (TPSA) is 71.0 Å². The molecule has 0 aliphatic carbocycles. The molecule has 2 N–H and O–H groups in total. The maximum Gasteiger partial charge on any atom is 0.272 e. The van der Waals surface area contributed by atoms with Crippen LogP contribution in [-0.4, -0.2) is 9.91 Å². The zero-order valence-electron chi connectivity index (χ0n) is 8.81. The highest BCUT2D eigenvalue weighted by molar-refractivity contribution is 5.50. The molecule has 0 amide bonds. The van der Waals surface area contributed by atoms with Crippen LogP contribution in [-0.2, 0) is 6.54 Å². The van der Waals surface area contributed by atoms with Gasteiger partial charge in [0.1, 0.15) is 0 Å². The summed E-state index contributed by atoms with van der Waals surface area (Å²) < 4.78 is 13.5. The fourth-order valence-corrected chi connectivity index (χ4v) is 1.43. The molecule has 2 rings (SSSR count). The average Bonchev–Trinajstić information content (AvgIpc) is 2.80. The molecule has 2 aromatic rings. The van der Waals surface area contributed by atoms with Gasteiger partial charge in [-0.15, -0.1) is 0 Å². The molecule has 6 heteroatoms. The van der Waals surface area contributed by atoms with E-state index in [1.54, 1.807) is 12.4 Å². The third-order valence-electron chi connectivity index (χ3n) is 2.31. The summed E-state index contributed by atoms with van der Waals surface area (Å²) in [6.07, 6.45) is 3.56. The number of nitrogens with zero attached hydrogens (tertiary/aromatic N) is 1. The number of hydrogen-bond acceptors (Lipinski definition) is 3. The minimum absolute atomic E-state index is 0.247. The van der Waals surface area contributed by atoms with Crippen LogP contribution in [0.1, 0.15) is 5.56 Å². The van der Waals surface area contributed by atoms with Gasteiger partial charge in [0.05, 0.1) is 16.7 Å². The maximum absolute atomic E-state index is 13.5. The Hall–Kier alpha value is -2.37. The van der Waals surface area contributed by atoms with Crippen molar-refractivity contribution in [3.05, 3.63) is 58.2 Å². The summed E-state index contributed by atoms with van der Waals surface area (Å²) in [5, 5.41) is 13.3. The largest absolute Gasteiger partial charge is 0.379 e. The lowest BCUT2D eigenvalue weighted by Gasteiger charge is -2.05. The number of nitro benzene ring substituents is 1. The summed E-state index contributed by atoms with van der Waals surface area (Å²) >= 11 is 0. The first-order valence-corrected chi connectivity index (χ1v) is 4.96. The van der Waals surface area contributed by atoms with Crippen LogP contribution in [0.2, 0.25) is 0 Å². The summed E-state index contributed by atoms with van der Waals surface area (Å²) in [4.78, 5) is 12.7. The average molecular weight is 235 g/mol. The van der Waals surface area contributed by atoms with E-state index in [-0.39, 0.29) is 11.4 Å². The first-order chi connectivity index (χ1) is 8.16. The summed E-state index contributed by atoms with van der Waals surface area (Å²) in [7, 11) is 0. The van der Waals surface area contributed by atoms with Crippen molar-refractivity contribution in [3.8, 4) is 0 Å². The highest BCUT2D eigenvalue weighted by Gasteiger charge is 2.10. The van der Waals surface area contributed by atoms with Crippen LogP contribution < -0.4 is 5.32 Å². The number of aromatic nitrogens is 1. The third-order valence-corrected chi connectivity index (χ3v) is 2.31. The summed E-state index contributed by atoms with van der Waals surface area (Å²) in [6, 6.07) is 5.39. The summed E-state index contributed by atoms with van der Waals surface area (Å²) in [6.45, 7) is 0.457. The van der Waals surface area contributed by atoms with Gasteiger partial charge in [0.25, 0.3) is 5.69 Å². The standard InChI is InChI=1S/C11H10FN3O2/c12-10-5-9(15(16)17)1-2-11(10)14-7-8-3-4-13-6-8/h1-6,13-14H,7H2. The summed E-state index contributed by atoms with van der Waals surface area (Å²) in [5.74, 6) is -0.630. The zero-order valence-corrected chi connectivity index (χ0v) is 8.81. The van der Waals surface area contributed by atoms with Gasteiger partial charge in [0, 0.05) is 25.0 Å². The molecule has 5 nitrogen and oxygen atoms in total. The van der Waals surface area contributed by atoms with Gasteiger partial charge in [-0.05, 0) is 17.7 Å². The van der Waals surface area contributed by atoms with Gasteiger partial charge in [-0.2, -0.15) is 0 Å². The molecule has 1 aromatic heterocycles. The van der Waals surface area contributed by atoms with Crippen LogP contribution in [0, 0.1) is 15.9 Å². The van der Waals surface area contributed by atoms with E-state index in [1.807, 2.05) is 6.07 Å². The molecule has 0 saturated heterocycles. The Morgan fingerprint density at radius 1 is 1.41 bits per heavy atom. The molecule has 1 aromatic carbocycles. The Bertz CT molecular complexity index is 526. The Kier molecular flexibility index (Phi) is 3.04. The number of non-ortho nitro benzene ring substituents is 1. The van der Waals surface area contributed by atoms with E-state index in [0.717, 1.165) is 11.6 Å². The molecule has 0 aliphatic rings. The van der Waals surface area contributed by atoms with Crippen LogP contribution >= 0.6 is 0 Å². The number of H-pyrrole nitrogens is 1. The molecule has 0 unspecified atom stereocenters. The lowest BCUT2D eigenvalue weighted by atomic mass is 10.2. The highest BCUT2D eigenvalue weighted by Crippen LogP contribution is 2.20. The number of aromatic amines is 1. The van der Waals surface area contributed by atoms with Crippen molar-refractivity contribution in [2.45, 2.75) is 6.54 Å². The molecule has 0 saturated carbocycles. The van der Waals surface area contributed by atoms with Crippen molar-refractivity contribution in [1.82, 2.24) is 4.98 Å². The van der Waals surface area contributed by atoms with Crippen LogP contribution in [0.4, 0.5) is 15.8 Å². The van der Waals surface area contributed by atoms with E-state index in [1.165, 1.54) is 12.1 Å². The van der Waals surface area contributed by atoms with E-state index in [2.05, 4.69) is 10.3 Å². The smallest absolute Gasteiger partial charge is 0.272 e. The second kappa shape index (κ2) is 4.65. The fraction of sp³-hybridized carbons (Fsp3) is 0.0909. The lowest BCUT2D eigenvalue weighted by Crippen LogP contribution is -2.01. The van der Waals surface area contributed by atoms with E-state index >= 15 is 0 Å². The number of anilines is 1. The number of nitro groups is 1. The van der Waals surface area contributed by atoms with Gasteiger partial charge in [0.15, 0.2) is 5.82 Å². The van der Waals surface area contributed by atoms with E-state index < -0.39 is 10.7 Å². The van der Waals surface area contributed by atoms with Crippen molar-refractivity contribution in [1.29, 1.82) is 0 Å². The highest BCUT2D eigenvalue weighted by atomic mass is 19.1. The zero-order chi connectivity index (χ0) is 12.3. The number of benzene rings is 1. The SMILES string of the molecule is O=[N+]([O-])c1ccc(NCc2cc[nH]c2)c(F)c1. The van der Waals surface area contributed by atoms with E-state index in [4.69, 9.17) is 0 Å². The summed E-state index contributed by atoms with van der Waals surface area (Å²) in [5.41, 5.74) is 0.967. The molecule has 0 fully saturated rings. The molecule has 1 heterocycles. The lowest BCUT2D eigenvalue weighted by molar-refractivity contribution is -0.385. The monoisotopic (exact) mass is 235 g/mol. The Balaban J connectivity index is 2.09. The molecule has 0 radical (unpaired) electrons. The number of halogens is 1. The Morgan fingerprint density at radius 2 is 2.24 bits per heavy atom. The number of rotatable bonds is 4. The maximum atomic E-state index is 13.5. The third kappa shape index (κ3) is 2.60. The van der Waals surface area contributed by atoms with Crippen molar-refractivity contribution in [2.75, 3.05) is 5.32 Å². The normalized spacial score (nSPS) is 10.2. The second-order valence-electron chi connectivity index (χ2n) is 3.49. The van der Waals surface area contributed by atoms with Crippen LogP contribution in [0.3, 0.4) is 0 Å². The molecule has 0 bridgehead atoms. The van der Waals surface area contributed by atoms with Crippen molar-refractivity contribution in [3.63, 3.8) is 0 Å². The molecular formula is C11H10FN3O2. The van der Waals surface area contributed by atoms with E-state index in [0.29, 0.717) is 6.54 Å². The van der Waals surface area contributed by atoms with Gasteiger partial charge in [-0.3, -0.25) is 10.1 Å². The minimum Gasteiger partial charge on any atom is -0.379 e. The predicted molar refractivity (Wildman–Crippen MR) is 61.2 cm³/mol. The van der Waals surface area contributed by atoms with Crippen molar-refractivity contribution in [2.24, 2.45) is 0 Å². The fourth-order valence-electron chi connectivity index (χ4n) is 1.43. The molecule has 0 aliphatic heterocycles. The second-order valence-corrected chi connectivity index (χ2v) is 3.49. The van der Waals surface area contributed by atoms with Crippen molar-refractivity contribution >= 4 is 11.4 Å². The quantitative estimate of drug-likeness (QED) is 0.632. The van der Waals surface area contributed by atoms with Gasteiger partial charge < -0.3 is 10.3 Å². The van der Waals surface area contributed by atoms with Gasteiger partial charge in [-0.25, -0.2) is 4.39 Å². The number of nitrogens with one attached hydrogen (secondary N) is 2. The Morgan fingerprint density at radius 3 is 2.82 bits per heavy atom. The molecule has 0 atom stereocenters. The molecular weight excluding hydrogens is 225 g/mol. The van der Waals surface area contributed by atoms with Crippen LogP contribution in [0.5, 0.6) is 0 Å². The van der Waals surface area contributed by atoms with Crippen LogP contribution in [0.15, 0.2) is 36.7 Å². The molecule has 17 heavy (non-hydrogen) atoms. The first-order valence-electron chi connectivity index (χ1n) is 4.96. The molecule has 88 valence electrons. The van der Waals surface area contributed by atoms with Gasteiger partial charge in [-0.1, -0.05) is 0 Å². The minimum atomic E-state index is -0.630. The Labute approximate surface area is 96.4 Å². The van der Waals surface area contributed by atoms with Crippen LogP contribution in [0.25, 0.3) is 0 Å². The predicted octanol–water partition coefficient (Wildman–Crippen LogP) is 2.67. The molecule has 0 spiro atoms.